The molecule has 0 heterocycles. The normalized spacial score (nSPS) is 12.1. The molecular formula is C23H21FN2O4S. The molecule has 3 rings (SSSR count). The van der Waals surface area contributed by atoms with Gasteiger partial charge in [-0.1, -0.05) is 48.5 Å². The number of benzene rings is 3. The fraction of sp³-hybridized carbons (Fsp3) is 0.130. The number of amides is 2. The summed E-state index contributed by atoms with van der Waals surface area (Å²) in [6.07, 6.45) is 0.821. The number of carbonyl (C=O) groups is 2. The van der Waals surface area contributed by atoms with E-state index in [1.165, 1.54) is 0 Å². The second kappa shape index (κ2) is 9.53. The molecule has 1 atom stereocenters. The maximum Gasteiger partial charge on any atom is 0.251 e. The van der Waals surface area contributed by atoms with Gasteiger partial charge in [-0.15, -0.1) is 0 Å². The van der Waals surface area contributed by atoms with Crippen molar-refractivity contribution >= 4 is 27.3 Å². The van der Waals surface area contributed by atoms with Crippen LogP contribution in [0.3, 0.4) is 0 Å². The van der Waals surface area contributed by atoms with Crippen molar-refractivity contribution in [1.82, 2.24) is 5.32 Å². The van der Waals surface area contributed by atoms with Crippen LogP contribution in [-0.4, -0.2) is 26.5 Å². The Hall–Kier alpha value is -3.52. The summed E-state index contributed by atoms with van der Waals surface area (Å²) in [7, 11) is -3.57. The lowest BCUT2D eigenvalue weighted by Gasteiger charge is -2.19. The Morgan fingerprint density at radius 2 is 1.55 bits per heavy atom. The molecule has 3 aromatic carbocycles. The average Bonchev–Trinajstić information content (AvgIpc) is 2.75. The molecule has 0 radical (unpaired) electrons. The van der Waals surface area contributed by atoms with Gasteiger partial charge in [-0.3, -0.25) is 9.59 Å². The summed E-state index contributed by atoms with van der Waals surface area (Å²) >= 11 is 0. The van der Waals surface area contributed by atoms with Gasteiger partial charge in [-0.25, -0.2) is 12.8 Å². The van der Waals surface area contributed by atoms with Crippen LogP contribution in [0.15, 0.2) is 83.8 Å². The molecular weight excluding hydrogens is 419 g/mol. The molecule has 0 aromatic heterocycles. The first-order valence-corrected chi connectivity index (χ1v) is 11.3. The summed E-state index contributed by atoms with van der Waals surface area (Å²) in [4.78, 5) is 25.1. The smallest absolute Gasteiger partial charge is 0.251 e. The van der Waals surface area contributed by atoms with Crippen LogP contribution in [0.5, 0.6) is 0 Å². The fourth-order valence-electron chi connectivity index (χ4n) is 2.99. The van der Waals surface area contributed by atoms with Crippen molar-refractivity contribution in [1.29, 1.82) is 0 Å². The quantitative estimate of drug-likeness (QED) is 0.548. The molecule has 2 amide bonds. The molecule has 0 bridgehead atoms. The number of nitrogens with one attached hydrogen (secondary N) is 2. The van der Waals surface area contributed by atoms with Gasteiger partial charge >= 0.3 is 0 Å². The molecule has 160 valence electrons. The fourth-order valence-corrected chi connectivity index (χ4v) is 3.63. The highest BCUT2D eigenvalue weighted by molar-refractivity contribution is 7.90. The lowest BCUT2D eigenvalue weighted by atomic mass is 10.0. The monoisotopic (exact) mass is 440 g/mol. The minimum Gasteiger partial charge on any atom is -0.345 e. The second-order valence-electron chi connectivity index (χ2n) is 6.97. The minimum atomic E-state index is -3.57. The standard InChI is InChI=1S/C23H21FN2O4S/c1-31(29,30)18-12-13-19(24)21(14-18)25-22(27)15-20(16-8-4-2-5-9-16)26-23(28)17-10-6-3-7-11-17/h2-14,20H,15H2,1H3,(H,25,27)(H,26,28). The van der Waals surface area contributed by atoms with Gasteiger partial charge in [0, 0.05) is 11.8 Å². The van der Waals surface area contributed by atoms with Crippen molar-refractivity contribution in [3.8, 4) is 0 Å². The molecule has 0 aliphatic carbocycles. The first kappa shape index (κ1) is 22.2. The minimum absolute atomic E-state index is 0.110. The SMILES string of the molecule is CS(=O)(=O)c1ccc(F)c(NC(=O)CC(NC(=O)c2ccccc2)c2ccccc2)c1. The van der Waals surface area contributed by atoms with Crippen LogP contribution in [0.4, 0.5) is 10.1 Å². The van der Waals surface area contributed by atoms with Crippen LogP contribution in [0.25, 0.3) is 0 Å². The molecule has 0 saturated heterocycles. The zero-order chi connectivity index (χ0) is 22.4. The van der Waals surface area contributed by atoms with Gasteiger partial charge in [0.05, 0.1) is 23.0 Å². The van der Waals surface area contributed by atoms with Crippen molar-refractivity contribution in [2.75, 3.05) is 11.6 Å². The van der Waals surface area contributed by atoms with E-state index in [-0.39, 0.29) is 22.9 Å². The van der Waals surface area contributed by atoms with Crippen LogP contribution in [0.2, 0.25) is 0 Å². The Kier molecular flexibility index (Phi) is 6.81. The van der Waals surface area contributed by atoms with Gasteiger partial charge in [0.25, 0.3) is 5.91 Å². The average molecular weight is 440 g/mol. The molecule has 0 aliphatic rings. The van der Waals surface area contributed by atoms with Crippen LogP contribution in [-0.2, 0) is 14.6 Å². The predicted octanol–water partition coefficient (Wildman–Crippen LogP) is 3.73. The van der Waals surface area contributed by atoms with Gasteiger partial charge in [0.1, 0.15) is 5.82 Å². The summed E-state index contributed by atoms with van der Waals surface area (Å²) < 4.78 is 37.6. The largest absolute Gasteiger partial charge is 0.345 e. The van der Waals surface area contributed by atoms with Crippen molar-refractivity contribution in [3.05, 3.63) is 95.8 Å². The molecule has 0 aliphatic heterocycles. The van der Waals surface area contributed by atoms with Crippen molar-refractivity contribution in [2.24, 2.45) is 0 Å². The van der Waals surface area contributed by atoms with E-state index in [9.17, 15) is 22.4 Å². The van der Waals surface area contributed by atoms with E-state index in [2.05, 4.69) is 10.6 Å². The molecule has 0 fully saturated rings. The summed E-state index contributed by atoms with van der Waals surface area (Å²) in [5, 5.41) is 5.23. The van der Waals surface area contributed by atoms with Crippen molar-refractivity contribution < 1.29 is 22.4 Å². The zero-order valence-corrected chi connectivity index (χ0v) is 17.5. The van der Waals surface area contributed by atoms with Gasteiger partial charge in [0.2, 0.25) is 5.91 Å². The Morgan fingerprint density at radius 3 is 2.16 bits per heavy atom. The Morgan fingerprint density at radius 1 is 0.935 bits per heavy atom. The van der Waals surface area contributed by atoms with E-state index in [1.54, 1.807) is 54.6 Å². The van der Waals surface area contributed by atoms with E-state index in [0.717, 1.165) is 24.5 Å². The molecule has 31 heavy (non-hydrogen) atoms. The summed E-state index contributed by atoms with van der Waals surface area (Å²) in [6, 6.07) is 20.0. The molecule has 1 unspecified atom stereocenters. The third kappa shape index (κ3) is 5.99. The van der Waals surface area contributed by atoms with Crippen molar-refractivity contribution in [3.63, 3.8) is 0 Å². The lowest BCUT2D eigenvalue weighted by Crippen LogP contribution is -2.31. The number of hydrogen-bond donors (Lipinski definition) is 2. The first-order chi connectivity index (χ1) is 14.7. The predicted molar refractivity (Wildman–Crippen MR) is 116 cm³/mol. The molecule has 0 spiro atoms. The third-order valence-electron chi connectivity index (χ3n) is 4.57. The molecule has 8 heteroatoms. The van der Waals surface area contributed by atoms with E-state index in [1.807, 2.05) is 6.07 Å². The van der Waals surface area contributed by atoms with Crippen LogP contribution >= 0.6 is 0 Å². The highest BCUT2D eigenvalue weighted by atomic mass is 32.2. The van der Waals surface area contributed by atoms with Crippen molar-refractivity contribution in [2.45, 2.75) is 17.4 Å². The second-order valence-corrected chi connectivity index (χ2v) is 8.98. The number of carbonyl (C=O) groups excluding carboxylic acids is 2. The Balaban J connectivity index is 1.80. The highest BCUT2D eigenvalue weighted by Crippen LogP contribution is 2.22. The first-order valence-electron chi connectivity index (χ1n) is 9.44. The third-order valence-corrected chi connectivity index (χ3v) is 5.68. The zero-order valence-electron chi connectivity index (χ0n) is 16.7. The van der Waals surface area contributed by atoms with Gasteiger partial charge in [0.15, 0.2) is 9.84 Å². The Labute approximate surface area is 180 Å². The Bertz CT molecular complexity index is 1180. The van der Waals surface area contributed by atoms with E-state index in [4.69, 9.17) is 0 Å². The summed E-state index contributed by atoms with van der Waals surface area (Å²) in [5.74, 6) is -1.69. The molecule has 3 aromatic rings. The topological polar surface area (TPSA) is 92.3 Å². The van der Waals surface area contributed by atoms with Crippen LogP contribution in [0.1, 0.15) is 28.4 Å². The number of anilines is 1. The summed E-state index contributed by atoms with van der Waals surface area (Å²) in [6.45, 7) is 0. The highest BCUT2D eigenvalue weighted by Gasteiger charge is 2.20. The van der Waals surface area contributed by atoms with E-state index < -0.39 is 27.6 Å². The molecule has 2 N–H and O–H groups in total. The van der Waals surface area contributed by atoms with E-state index in [0.29, 0.717) is 11.1 Å². The number of hydrogen-bond acceptors (Lipinski definition) is 4. The molecule has 0 saturated carbocycles. The maximum atomic E-state index is 14.1. The number of halogens is 1. The van der Waals surface area contributed by atoms with Gasteiger partial charge < -0.3 is 10.6 Å². The van der Waals surface area contributed by atoms with Gasteiger partial charge in [-0.05, 0) is 35.9 Å². The van der Waals surface area contributed by atoms with Crippen LogP contribution < -0.4 is 10.6 Å². The van der Waals surface area contributed by atoms with Gasteiger partial charge in [-0.2, -0.15) is 0 Å². The maximum absolute atomic E-state index is 14.1. The number of rotatable bonds is 7. The van der Waals surface area contributed by atoms with E-state index >= 15 is 0 Å². The summed E-state index contributed by atoms with van der Waals surface area (Å²) in [5.41, 5.74) is 0.900. The molecule has 6 nitrogen and oxygen atoms in total. The van der Waals surface area contributed by atoms with Crippen LogP contribution in [0, 0.1) is 5.82 Å². The number of sulfone groups is 1. The lowest BCUT2D eigenvalue weighted by molar-refractivity contribution is -0.116.